The van der Waals surface area contributed by atoms with Crippen molar-refractivity contribution >= 4 is 51.6 Å². The average molecular weight is 689 g/mol. The van der Waals surface area contributed by atoms with E-state index in [1.807, 2.05) is 23.6 Å². The van der Waals surface area contributed by atoms with E-state index in [1.165, 1.54) is 11.3 Å². The molecule has 3 saturated heterocycles. The molecule has 48 heavy (non-hydrogen) atoms. The predicted molar refractivity (Wildman–Crippen MR) is 181 cm³/mol. The van der Waals surface area contributed by atoms with Crippen LogP contribution in [-0.4, -0.2) is 82.4 Å². The highest BCUT2D eigenvalue weighted by atomic mass is 35.5. The molecular weight excluding hydrogens is 652 g/mol. The van der Waals surface area contributed by atoms with Crippen molar-refractivity contribution < 1.29 is 19.1 Å². The van der Waals surface area contributed by atoms with Gasteiger partial charge >= 0.3 is 0 Å². The van der Waals surface area contributed by atoms with Crippen molar-refractivity contribution in [1.82, 2.24) is 25.1 Å². The molecule has 3 aromatic rings. The zero-order valence-electron chi connectivity index (χ0n) is 26.5. The van der Waals surface area contributed by atoms with E-state index in [0.29, 0.717) is 56.2 Å². The third-order valence-electron chi connectivity index (χ3n) is 9.83. The van der Waals surface area contributed by atoms with Crippen LogP contribution < -0.4 is 16.0 Å². The molecule has 0 aliphatic carbocycles. The number of nitrogens with zero attached hydrogens (tertiary/aromatic N) is 5. The minimum atomic E-state index is -0.606. The Morgan fingerprint density at radius 3 is 2.71 bits per heavy atom. The minimum Gasteiger partial charge on any atom is -0.381 e. The number of aromatic nitrogens is 2. The Kier molecular flexibility index (Phi) is 9.33. The topological polar surface area (TPSA) is 153 Å². The molecule has 0 spiro atoms. The molecule has 1 atom stereocenters. The van der Waals surface area contributed by atoms with Crippen LogP contribution in [0.1, 0.15) is 60.0 Å². The normalized spacial score (nSPS) is 21.5. The summed E-state index contributed by atoms with van der Waals surface area (Å²) in [6.07, 6.45) is 5.58. The van der Waals surface area contributed by atoms with Crippen LogP contribution in [0, 0.1) is 16.7 Å². The maximum absolute atomic E-state index is 13.0. The molecule has 4 aliphatic rings. The number of hydrogen-bond donors (Lipinski definition) is 3. The van der Waals surface area contributed by atoms with Crippen molar-refractivity contribution in [3.05, 3.63) is 57.6 Å². The van der Waals surface area contributed by atoms with Gasteiger partial charge in [0, 0.05) is 81.1 Å². The van der Waals surface area contributed by atoms with Gasteiger partial charge in [-0.25, -0.2) is 9.97 Å². The number of piperidine rings is 2. The minimum absolute atomic E-state index is 0.150. The number of likely N-dealkylation sites (tertiary alicyclic amines) is 1. The fourth-order valence-corrected chi connectivity index (χ4v) is 7.87. The SMILES string of the molecule is N#CC1(CNc2nc(-c3cc(NC4CCN(Cc5ccc6c(c5)CN(C5CCC(=O)NC5=O)C6=O)CC4)ncc3Cl)cs2)CCOCC1. The Balaban J connectivity index is 0.918. The van der Waals surface area contributed by atoms with Crippen LogP contribution in [0.5, 0.6) is 0 Å². The van der Waals surface area contributed by atoms with Crippen LogP contribution in [0.25, 0.3) is 11.3 Å². The number of fused-ring (bicyclic) bond motifs is 1. The van der Waals surface area contributed by atoms with Crippen molar-refractivity contribution in [3.8, 4) is 17.3 Å². The smallest absolute Gasteiger partial charge is 0.255 e. The van der Waals surface area contributed by atoms with Gasteiger partial charge in [-0.2, -0.15) is 5.26 Å². The van der Waals surface area contributed by atoms with Crippen LogP contribution in [0.2, 0.25) is 5.02 Å². The molecule has 12 nitrogen and oxygen atoms in total. The monoisotopic (exact) mass is 688 g/mol. The summed E-state index contributed by atoms with van der Waals surface area (Å²) in [7, 11) is 0. The first-order valence-electron chi connectivity index (χ1n) is 16.4. The largest absolute Gasteiger partial charge is 0.381 e. The number of ether oxygens (including phenoxy) is 1. The van der Waals surface area contributed by atoms with Gasteiger partial charge in [0.25, 0.3) is 5.91 Å². The molecule has 2 aromatic heterocycles. The van der Waals surface area contributed by atoms with Crippen LogP contribution in [0.15, 0.2) is 35.8 Å². The molecule has 0 saturated carbocycles. The molecular formula is C34H37ClN8O4S. The van der Waals surface area contributed by atoms with Crippen LogP contribution in [0.3, 0.4) is 0 Å². The molecule has 0 radical (unpaired) electrons. The maximum Gasteiger partial charge on any atom is 0.255 e. The maximum atomic E-state index is 13.0. The van der Waals surface area contributed by atoms with Crippen molar-refractivity contribution in [3.63, 3.8) is 0 Å². The number of benzene rings is 1. The number of amides is 3. The van der Waals surface area contributed by atoms with E-state index in [9.17, 15) is 19.6 Å². The molecule has 0 bridgehead atoms. The van der Waals surface area contributed by atoms with Gasteiger partial charge in [0.2, 0.25) is 11.8 Å². The molecule has 7 rings (SSSR count). The van der Waals surface area contributed by atoms with Crippen LogP contribution in [-0.2, 0) is 27.4 Å². The molecule has 14 heteroatoms. The second-order valence-corrected chi connectivity index (χ2v) is 14.3. The number of pyridine rings is 1. The van der Waals surface area contributed by atoms with E-state index in [1.54, 1.807) is 11.1 Å². The second-order valence-electron chi connectivity index (χ2n) is 13.0. The third kappa shape index (κ3) is 6.89. The van der Waals surface area contributed by atoms with Crippen molar-refractivity contribution in [1.29, 1.82) is 5.26 Å². The summed E-state index contributed by atoms with van der Waals surface area (Å²) in [5, 5.41) is 22.3. The number of rotatable bonds is 9. The first-order chi connectivity index (χ1) is 23.3. The Morgan fingerprint density at radius 1 is 1.12 bits per heavy atom. The fourth-order valence-electron chi connectivity index (χ4n) is 6.96. The van der Waals surface area contributed by atoms with E-state index in [2.05, 4.69) is 38.0 Å². The third-order valence-corrected chi connectivity index (χ3v) is 10.9. The van der Waals surface area contributed by atoms with E-state index in [0.717, 1.165) is 65.8 Å². The molecule has 4 aliphatic heterocycles. The molecule has 6 heterocycles. The Bertz CT molecular complexity index is 1760. The second kappa shape index (κ2) is 13.8. The highest BCUT2D eigenvalue weighted by Gasteiger charge is 2.39. The quantitative estimate of drug-likeness (QED) is 0.275. The van der Waals surface area contributed by atoms with Crippen LogP contribution in [0.4, 0.5) is 10.9 Å². The summed E-state index contributed by atoms with van der Waals surface area (Å²) in [4.78, 5) is 50.3. The van der Waals surface area contributed by atoms with Gasteiger partial charge in [0.05, 0.1) is 22.2 Å². The molecule has 1 aromatic carbocycles. The molecule has 3 amide bonds. The van der Waals surface area contributed by atoms with Gasteiger partial charge in [-0.3, -0.25) is 24.6 Å². The summed E-state index contributed by atoms with van der Waals surface area (Å²) >= 11 is 8.06. The number of imide groups is 1. The van der Waals surface area contributed by atoms with E-state index < -0.39 is 17.4 Å². The van der Waals surface area contributed by atoms with Gasteiger partial charge in [0.1, 0.15) is 11.9 Å². The first kappa shape index (κ1) is 32.5. The average Bonchev–Trinajstić information content (AvgIpc) is 3.70. The Morgan fingerprint density at radius 2 is 1.94 bits per heavy atom. The van der Waals surface area contributed by atoms with E-state index in [-0.39, 0.29) is 24.3 Å². The molecule has 3 fully saturated rings. The highest BCUT2D eigenvalue weighted by Crippen LogP contribution is 2.35. The van der Waals surface area contributed by atoms with E-state index in [4.69, 9.17) is 21.3 Å². The number of anilines is 2. The fraction of sp³-hybridized carbons (Fsp3) is 0.471. The zero-order valence-corrected chi connectivity index (χ0v) is 28.0. The number of halogens is 1. The van der Waals surface area contributed by atoms with Crippen molar-refractivity contribution in [2.75, 3.05) is 43.5 Å². The number of carbonyl (C=O) groups is 3. The van der Waals surface area contributed by atoms with E-state index >= 15 is 0 Å². The number of thiazole rings is 1. The lowest BCUT2D eigenvalue weighted by molar-refractivity contribution is -0.136. The molecule has 1 unspecified atom stereocenters. The van der Waals surface area contributed by atoms with Crippen molar-refractivity contribution in [2.24, 2.45) is 5.41 Å². The molecule has 3 N–H and O–H groups in total. The van der Waals surface area contributed by atoms with Crippen LogP contribution >= 0.6 is 22.9 Å². The standard InChI is InChI=1S/C34H37ClN8O4S/c35-26-15-37-29(14-25(26)27-18-48-33(40-27)38-20-34(19-36)7-11-47-12-8-34)39-23-5-9-42(10-6-23)16-21-1-2-24-22(13-21)17-43(32(24)46)28-3-4-30(44)41-31(28)45/h1-2,13-15,18,23,28H,3-12,16-17,20H2,(H,37,39)(H,38,40)(H,41,44,45). The summed E-state index contributed by atoms with van der Waals surface area (Å²) in [5.41, 5.74) is 3.83. The Hall–Kier alpha value is -4.09. The summed E-state index contributed by atoms with van der Waals surface area (Å²) in [5.74, 6) is -0.0741. The highest BCUT2D eigenvalue weighted by molar-refractivity contribution is 7.14. The lowest BCUT2D eigenvalue weighted by Crippen LogP contribution is -2.52. The summed E-state index contributed by atoms with van der Waals surface area (Å²) in [6, 6.07) is 10.0. The van der Waals surface area contributed by atoms with Gasteiger partial charge in [-0.05, 0) is 55.4 Å². The number of nitrogens with one attached hydrogen (secondary N) is 3. The number of carbonyl (C=O) groups excluding carboxylic acids is 3. The predicted octanol–water partition coefficient (Wildman–Crippen LogP) is 4.43. The lowest BCUT2D eigenvalue weighted by atomic mass is 9.82. The number of nitriles is 1. The molecule has 250 valence electrons. The summed E-state index contributed by atoms with van der Waals surface area (Å²) < 4.78 is 5.44. The zero-order chi connectivity index (χ0) is 33.3. The van der Waals surface area contributed by atoms with Gasteiger partial charge in [0.15, 0.2) is 5.13 Å². The van der Waals surface area contributed by atoms with Gasteiger partial charge in [-0.1, -0.05) is 23.7 Å². The number of hydrogen-bond acceptors (Lipinski definition) is 11. The lowest BCUT2D eigenvalue weighted by Gasteiger charge is -2.32. The first-order valence-corrected chi connectivity index (χ1v) is 17.6. The Labute approximate surface area is 287 Å². The summed E-state index contributed by atoms with van der Waals surface area (Å²) in [6.45, 7) is 4.72. The van der Waals surface area contributed by atoms with Crippen molar-refractivity contribution in [2.45, 2.75) is 63.7 Å². The van der Waals surface area contributed by atoms with Gasteiger partial charge in [-0.15, -0.1) is 11.3 Å². The van der Waals surface area contributed by atoms with Gasteiger partial charge < -0.3 is 20.3 Å².